The van der Waals surface area contributed by atoms with Crippen LogP contribution in [-0.2, 0) is 16.8 Å². The molecule has 1 N–H and O–H groups in total. The Labute approximate surface area is 115 Å². The monoisotopic (exact) mass is 275 g/mol. The second-order valence-electron chi connectivity index (χ2n) is 4.83. The summed E-state index contributed by atoms with van der Waals surface area (Å²) in [7, 11) is 0. The summed E-state index contributed by atoms with van der Waals surface area (Å²) in [5.41, 5.74) is 0.178. The van der Waals surface area contributed by atoms with Crippen LogP contribution in [0.2, 0.25) is 0 Å². The SMILES string of the molecule is O=C(NCc1ccccc1F)C1(c2cccs2)CC1. The van der Waals surface area contributed by atoms with E-state index < -0.39 is 0 Å². The number of nitrogens with one attached hydrogen (secondary N) is 1. The molecule has 0 radical (unpaired) electrons. The number of carbonyl (C=O) groups excluding carboxylic acids is 1. The third-order valence-electron chi connectivity index (χ3n) is 3.57. The van der Waals surface area contributed by atoms with Crippen LogP contribution >= 0.6 is 11.3 Å². The lowest BCUT2D eigenvalue weighted by molar-refractivity contribution is -0.123. The van der Waals surface area contributed by atoms with Crippen molar-refractivity contribution in [2.24, 2.45) is 0 Å². The fourth-order valence-electron chi connectivity index (χ4n) is 2.25. The van der Waals surface area contributed by atoms with Crippen LogP contribution < -0.4 is 5.32 Å². The first-order valence-corrected chi connectivity index (χ1v) is 7.16. The zero-order valence-corrected chi connectivity index (χ0v) is 11.2. The van der Waals surface area contributed by atoms with Crippen molar-refractivity contribution in [3.8, 4) is 0 Å². The third-order valence-corrected chi connectivity index (χ3v) is 4.65. The normalized spacial score (nSPS) is 16.1. The molecule has 0 aliphatic heterocycles. The van der Waals surface area contributed by atoms with E-state index in [-0.39, 0.29) is 23.7 Å². The fourth-order valence-corrected chi connectivity index (χ4v) is 3.23. The Morgan fingerprint density at radius 2 is 2.05 bits per heavy atom. The highest BCUT2D eigenvalue weighted by atomic mass is 32.1. The average Bonchev–Trinajstić information content (AvgIpc) is 3.05. The quantitative estimate of drug-likeness (QED) is 0.912. The summed E-state index contributed by atoms with van der Waals surface area (Å²) in [5.74, 6) is -0.262. The Kier molecular flexibility index (Phi) is 3.11. The summed E-state index contributed by atoms with van der Waals surface area (Å²) < 4.78 is 13.5. The van der Waals surface area contributed by atoms with E-state index in [1.54, 1.807) is 29.5 Å². The van der Waals surface area contributed by atoms with Gasteiger partial charge in [-0.25, -0.2) is 4.39 Å². The molecule has 1 fully saturated rings. The Balaban J connectivity index is 1.68. The molecule has 3 rings (SSSR count). The van der Waals surface area contributed by atoms with Gasteiger partial charge in [0.1, 0.15) is 5.82 Å². The van der Waals surface area contributed by atoms with Crippen LogP contribution in [0.15, 0.2) is 41.8 Å². The van der Waals surface area contributed by atoms with E-state index >= 15 is 0 Å². The molecule has 1 saturated carbocycles. The molecule has 0 bridgehead atoms. The summed E-state index contributed by atoms with van der Waals surface area (Å²) in [6.07, 6.45) is 1.77. The standard InChI is InChI=1S/C15H14FNOS/c16-12-5-2-1-4-11(12)10-17-14(18)15(7-8-15)13-6-3-9-19-13/h1-6,9H,7-8,10H2,(H,17,18). The lowest BCUT2D eigenvalue weighted by atomic mass is 10.0. The Morgan fingerprint density at radius 3 is 2.68 bits per heavy atom. The Morgan fingerprint density at radius 1 is 1.26 bits per heavy atom. The summed E-state index contributed by atoms with van der Waals surface area (Å²) in [5, 5.41) is 4.84. The molecule has 1 aromatic heterocycles. The largest absolute Gasteiger partial charge is 0.351 e. The molecular formula is C15H14FNOS. The molecule has 4 heteroatoms. The number of hydrogen-bond acceptors (Lipinski definition) is 2. The molecule has 19 heavy (non-hydrogen) atoms. The molecule has 98 valence electrons. The highest BCUT2D eigenvalue weighted by molar-refractivity contribution is 7.10. The first-order valence-electron chi connectivity index (χ1n) is 6.28. The van der Waals surface area contributed by atoms with Crippen LogP contribution in [0.3, 0.4) is 0 Å². The summed E-state index contributed by atoms with van der Waals surface area (Å²) in [6.45, 7) is 0.249. The van der Waals surface area contributed by atoms with Gasteiger partial charge in [0.25, 0.3) is 0 Å². The molecule has 0 saturated heterocycles. The minimum Gasteiger partial charge on any atom is -0.351 e. The highest BCUT2D eigenvalue weighted by Gasteiger charge is 2.51. The zero-order chi connectivity index (χ0) is 13.3. The van der Waals surface area contributed by atoms with E-state index in [9.17, 15) is 9.18 Å². The third kappa shape index (κ3) is 2.28. The Bertz CT molecular complexity index is 590. The van der Waals surface area contributed by atoms with Crippen molar-refractivity contribution in [2.45, 2.75) is 24.8 Å². The van der Waals surface area contributed by atoms with E-state index in [1.165, 1.54) is 6.07 Å². The topological polar surface area (TPSA) is 29.1 Å². The highest BCUT2D eigenvalue weighted by Crippen LogP contribution is 2.50. The lowest BCUT2D eigenvalue weighted by Gasteiger charge is -2.14. The van der Waals surface area contributed by atoms with Crippen molar-refractivity contribution in [3.05, 3.63) is 58.0 Å². The van der Waals surface area contributed by atoms with Gasteiger partial charge in [-0.2, -0.15) is 0 Å². The molecule has 1 aliphatic rings. The first kappa shape index (κ1) is 12.4. The molecule has 1 aromatic carbocycles. The number of benzene rings is 1. The summed E-state index contributed by atoms with van der Waals surface area (Å²) in [6, 6.07) is 10.5. The lowest BCUT2D eigenvalue weighted by Crippen LogP contribution is -2.33. The van der Waals surface area contributed by atoms with Crippen molar-refractivity contribution in [2.75, 3.05) is 0 Å². The maximum atomic E-state index is 13.5. The molecular weight excluding hydrogens is 261 g/mol. The minimum absolute atomic E-state index is 0.0122. The number of amides is 1. The second-order valence-corrected chi connectivity index (χ2v) is 5.78. The number of halogens is 1. The van der Waals surface area contributed by atoms with Crippen LogP contribution in [0.1, 0.15) is 23.3 Å². The van der Waals surface area contributed by atoms with Gasteiger partial charge >= 0.3 is 0 Å². The van der Waals surface area contributed by atoms with E-state index in [0.717, 1.165) is 17.7 Å². The van der Waals surface area contributed by atoms with E-state index in [1.807, 2.05) is 17.5 Å². The van der Waals surface area contributed by atoms with Crippen molar-refractivity contribution in [3.63, 3.8) is 0 Å². The molecule has 0 unspecified atom stereocenters. The minimum atomic E-state index is -0.348. The number of hydrogen-bond donors (Lipinski definition) is 1. The van der Waals surface area contributed by atoms with Crippen LogP contribution in [0.25, 0.3) is 0 Å². The second kappa shape index (κ2) is 4.78. The summed E-state index contributed by atoms with van der Waals surface area (Å²) >= 11 is 1.61. The van der Waals surface area contributed by atoms with Gasteiger partial charge in [0.15, 0.2) is 0 Å². The number of rotatable bonds is 4. The van der Waals surface area contributed by atoms with Gasteiger partial charge in [-0.3, -0.25) is 4.79 Å². The van der Waals surface area contributed by atoms with E-state index in [0.29, 0.717) is 5.56 Å². The van der Waals surface area contributed by atoms with Crippen molar-refractivity contribution in [1.82, 2.24) is 5.32 Å². The van der Waals surface area contributed by atoms with Crippen LogP contribution in [0, 0.1) is 5.82 Å². The molecule has 0 atom stereocenters. The van der Waals surface area contributed by atoms with Crippen molar-refractivity contribution >= 4 is 17.2 Å². The van der Waals surface area contributed by atoms with Gasteiger partial charge in [0.05, 0.1) is 5.41 Å². The van der Waals surface area contributed by atoms with E-state index in [2.05, 4.69) is 5.32 Å². The maximum absolute atomic E-state index is 13.5. The number of thiophene rings is 1. The predicted molar refractivity (Wildman–Crippen MR) is 73.5 cm³/mol. The molecule has 2 nitrogen and oxygen atoms in total. The maximum Gasteiger partial charge on any atom is 0.231 e. The fraction of sp³-hybridized carbons (Fsp3) is 0.267. The number of carbonyl (C=O) groups is 1. The van der Waals surface area contributed by atoms with Crippen LogP contribution in [-0.4, -0.2) is 5.91 Å². The van der Waals surface area contributed by atoms with Gasteiger partial charge < -0.3 is 5.32 Å². The van der Waals surface area contributed by atoms with Gasteiger partial charge in [-0.05, 0) is 30.4 Å². The van der Waals surface area contributed by atoms with Crippen LogP contribution in [0.4, 0.5) is 4.39 Å². The average molecular weight is 275 g/mol. The smallest absolute Gasteiger partial charge is 0.231 e. The van der Waals surface area contributed by atoms with E-state index in [4.69, 9.17) is 0 Å². The van der Waals surface area contributed by atoms with Gasteiger partial charge in [0, 0.05) is 17.0 Å². The molecule has 1 heterocycles. The predicted octanol–water partition coefficient (Wildman–Crippen LogP) is 3.24. The van der Waals surface area contributed by atoms with Gasteiger partial charge in [-0.15, -0.1) is 11.3 Å². The van der Waals surface area contributed by atoms with Gasteiger partial charge in [-0.1, -0.05) is 24.3 Å². The molecule has 0 spiro atoms. The van der Waals surface area contributed by atoms with Crippen molar-refractivity contribution < 1.29 is 9.18 Å². The molecule has 2 aromatic rings. The van der Waals surface area contributed by atoms with Gasteiger partial charge in [0.2, 0.25) is 5.91 Å². The van der Waals surface area contributed by atoms with Crippen molar-refractivity contribution in [1.29, 1.82) is 0 Å². The molecule has 1 aliphatic carbocycles. The van der Waals surface area contributed by atoms with Crippen LogP contribution in [0.5, 0.6) is 0 Å². The Hall–Kier alpha value is -1.68. The summed E-state index contributed by atoms with van der Waals surface area (Å²) in [4.78, 5) is 13.4. The zero-order valence-electron chi connectivity index (χ0n) is 10.4. The first-order chi connectivity index (χ1) is 9.22. The molecule has 1 amide bonds.